The Balaban J connectivity index is 0.000000216. The van der Waals surface area contributed by atoms with E-state index < -0.39 is 11.9 Å². The molecule has 0 aromatic heterocycles. The lowest BCUT2D eigenvalue weighted by Crippen LogP contribution is -2.14. The fraction of sp³-hybridized carbons (Fsp3) is 0. The molecule has 4 aromatic rings. The molecule has 0 atom stereocenters. The van der Waals surface area contributed by atoms with Gasteiger partial charge in [0.1, 0.15) is 0 Å². The molecule has 0 unspecified atom stereocenters. The highest BCUT2D eigenvalue weighted by atomic mass is 16.5. The molecule has 194 valence electrons. The topological polar surface area (TPSA) is 86.6 Å². The molecule has 5 nitrogen and oxygen atoms in total. The summed E-state index contributed by atoms with van der Waals surface area (Å²) in [5, 5.41) is 16.8. The van der Waals surface area contributed by atoms with Crippen molar-refractivity contribution in [3.8, 4) is 22.3 Å². The van der Waals surface area contributed by atoms with Gasteiger partial charge in [-0.1, -0.05) is 146 Å². The number of rotatable bonds is 8. The average molecular weight is 516 g/mol. The van der Waals surface area contributed by atoms with Crippen molar-refractivity contribution in [2.75, 3.05) is 0 Å². The van der Waals surface area contributed by atoms with Gasteiger partial charge in [0.25, 0.3) is 5.91 Å². The number of hydrogen-bond acceptors (Lipinski definition) is 3. The minimum atomic E-state index is -0.941. The van der Waals surface area contributed by atoms with Crippen LogP contribution in [0, 0.1) is 0 Å². The van der Waals surface area contributed by atoms with Gasteiger partial charge in [0.15, 0.2) is 0 Å². The highest BCUT2D eigenvalue weighted by Crippen LogP contribution is 2.20. The van der Waals surface area contributed by atoms with Crippen molar-refractivity contribution in [2.45, 2.75) is 0 Å². The normalized spacial score (nSPS) is 11.1. The molecule has 0 aliphatic rings. The number of hydroxylamine groups is 1. The fourth-order valence-corrected chi connectivity index (χ4v) is 3.49. The van der Waals surface area contributed by atoms with Gasteiger partial charge in [0.05, 0.1) is 0 Å². The second-order valence-electron chi connectivity index (χ2n) is 8.23. The zero-order valence-corrected chi connectivity index (χ0v) is 21.2. The molecule has 4 aromatic carbocycles. The molecule has 39 heavy (non-hydrogen) atoms. The summed E-state index contributed by atoms with van der Waals surface area (Å²) in [5.41, 5.74) is 8.30. The molecule has 0 fully saturated rings. The standard InChI is InChI=1S/C17H15NO2.C17H14O2/c19-17(18-20)9-5-4-6-14-10-12-16(13-11-14)15-7-2-1-3-8-15;18-17(19)9-5-4-6-14-10-12-16(13-11-14)15-7-2-1-3-8-15/h1-13,20H,(H,18,19);1-13H,(H,18,19)/b2*6-4+,9-5+. The molecule has 0 saturated heterocycles. The minimum Gasteiger partial charge on any atom is -0.478 e. The number of carbonyl (C=O) groups excluding carboxylic acids is 1. The van der Waals surface area contributed by atoms with Crippen LogP contribution in [0.25, 0.3) is 34.4 Å². The van der Waals surface area contributed by atoms with Crippen LogP contribution in [0.5, 0.6) is 0 Å². The Morgan fingerprint density at radius 3 is 1.28 bits per heavy atom. The van der Waals surface area contributed by atoms with Gasteiger partial charge in [-0.05, 0) is 33.4 Å². The van der Waals surface area contributed by atoms with E-state index in [2.05, 4.69) is 48.5 Å². The van der Waals surface area contributed by atoms with Crippen molar-refractivity contribution in [1.29, 1.82) is 0 Å². The quantitative estimate of drug-likeness (QED) is 0.0985. The van der Waals surface area contributed by atoms with E-state index in [1.165, 1.54) is 34.3 Å². The van der Waals surface area contributed by atoms with Gasteiger partial charge < -0.3 is 5.11 Å². The summed E-state index contributed by atoms with van der Waals surface area (Å²) in [5.74, 6) is -1.49. The summed E-state index contributed by atoms with van der Waals surface area (Å²) in [6.07, 6.45) is 12.6. The number of amides is 1. The van der Waals surface area contributed by atoms with E-state index >= 15 is 0 Å². The minimum absolute atomic E-state index is 0.547. The Labute approximate surface area is 228 Å². The Bertz CT molecular complexity index is 1440. The van der Waals surface area contributed by atoms with E-state index in [1.807, 2.05) is 72.8 Å². The van der Waals surface area contributed by atoms with Crippen molar-refractivity contribution in [2.24, 2.45) is 0 Å². The number of benzene rings is 4. The first-order valence-corrected chi connectivity index (χ1v) is 12.2. The van der Waals surface area contributed by atoms with E-state index in [0.717, 1.165) is 22.8 Å². The number of nitrogens with one attached hydrogen (secondary N) is 1. The van der Waals surface area contributed by atoms with Crippen molar-refractivity contribution < 1.29 is 19.9 Å². The molecule has 0 aliphatic carbocycles. The molecule has 0 aliphatic heterocycles. The molecule has 0 spiro atoms. The second-order valence-corrected chi connectivity index (χ2v) is 8.23. The van der Waals surface area contributed by atoms with Gasteiger partial charge in [-0.2, -0.15) is 0 Å². The largest absolute Gasteiger partial charge is 0.478 e. The van der Waals surface area contributed by atoms with Crippen LogP contribution in [0.15, 0.2) is 146 Å². The number of carboxylic acids is 1. The number of hydrogen-bond donors (Lipinski definition) is 3. The summed E-state index contributed by atoms with van der Waals surface area (Å²) in [7, 11) is 0. The molecule has 5 heteroatoms. The summed E-state index contributed by atoms with van der Waals surface area (Å²) in [6.45, 7) is 0. The lowest BCUT2D eigenvalue weighted by atomic mass is 10.0. The van der Waals surface area contributed by atoms with E-state index in [9.17, 15) is 9.59 Å². The van der Waals surface area contributed by atoms with Gasteiger partial charge in [-0.25, -0.2) is 10.3 Å². The van der Waals surface area contributed by atoms with Crippen molar-refractivity contribution in [1.82, 2.24) is 5.48 Å². The Morgan fingerprint density at radius 1 is 0.513 bits per heavy atom. The molecule has 0 heterocycles. The zero-order valence-electron chi connectivity index (χ0n) is 21.2. The molecule has 0 bridgehead atoms. The summed E-state index contributed by atoms with van der Waals surface area (Å²) in [6, 6.07) is 36.6. The smallest absolute Gasteiger partial charge is 0.328 e. The van der Waals surface area contributed by atoms with Gasteiger partial charge in [0, 0.05) is 12.2 Å². The Hall–Kier alpha value is -5.26. The summed E-state index contributed by atoms with van der Waals surface area (Å²) >= 11 is 0. The van der Waals surface area contributed by atoms with Crippen molar-refractivity contribution >= 4 is 24.0 Å². The number of carboxylic acid groups (broad SMARTS) is 1. The Morgan fingerprint density at radius 2 is 0.897 bits per heavy atom. The molecular weight excluding hydrogens is 486 g/mol. The fourth-order valence-electron chi connectivity index (χ4n) is 3.49. The van der Waals surface area contributed by atoms with Gasteiger partial charge in [0.2, 0.25) is 0 Å². The maximum atomic E-state index is 10.7. The lowest BCUT2D eigenvalue weighted by Gasteiger charge is -2.01. The lowest BCUT2D eigenvalue weighted by molar-refractivity contribution is -0.131. The summed E-state index contributed by atoms with van der Waals surface area (Å²) in [4.78, 5) is 21.0. The number of allylic oxidation sites excluding steroid dienone is 4. The van der Waals surface area contributed by atoms with Crippen molar-refractivity contribution in [3.05, 3.63) is 157 Å². The summed E-state index contributed by atoms with van der Waals surface area (Å²) < 4.78 is 0. The number of carbonyl (C=O) groups is 2. The molecule has 3 N–H and O–H groups in total. The van der Waals surface area contributed by atoms with E-state index in [4.69, 9.17) is 10.3 Å². The van der Waals surface area contributed by atoms with Crippen LogP contribution < -0.4 is 5.48 Å². The van der Waals surface area contributed by atoms with Crippen LogP contribution >= 0.6 is 0 Å². The van der Waals surface area contributed by atoms with Crippen molar-refractivity contribution in [3.63, 3.8) is 0 Å². The third-order valence-corrected chi connectivity index (χ3v) is 5.43. The molecule has 0 saturated carbocycles. The second kappa shape index (κ2) is 15.8. The molecular formula is C34H29NO4. The highest BCUT2D eigenvalue weighted by molar-refractivity contribution is 5.86. The number of aliphatic carboxylic acids is 1. The van der Waals surface area contributed by atoms with Crippen LogP contribution in [-0.2, 0) is 9.59 Å². The predicted octanol–water partition coefficient (Wildman–Crippen LogP) is 7.44. The SMILES string of the molecule is O=C(/C=C/C=C/c1ccc(-c2ccccc2)cc1)NO.O=C(O)/C=C/C=C/c1ccc(-c2ccccc2)cc1. The van der Waals surface area contributed by atoms with Gasteiger partial charge in [-0.15, -0.1) is 0 Å². The highest BCUT2D eigenvalue weighted by Gasteiger charge is 1.96. The first-order chi connectivity index (χ1) is 19.0. The molecule has 0 radical (unpaired) electrons. The molecule has 4 rings (SSSR count). The van der Waals surface area contributed by atoms with Gasteiger partial charge >= 0.3 is 5.97 Å². The monoisotopic (exact) mass is 515 g/mol. The predicted molar refractivity (Wildman–Crippen MR) is 158 cm³/mol. The van der Waals surface area contributed by atoms with E-state index in [0.29, 0.717) is 0 Å². The van der Waals surface area contributed by atoms with Crippen LogP contribution in [0.2, 0.25) is 0 Å². The maximum absolute atomic E-state index is 10.7. The van der Waals surface area contributed by atoms with E-state index in [1.54, 1.807) is 18.2 Å². The van der Waals surface area contributed by atoms with Crippen LogP contribution in [0.4, 0.5) is 0 Å². The van der Waals surface area contributed by atoms with Crippen LogP contribution in [-0.4, -0.2) is 22.2 Å². The van der Waals surface area contributed by atoms with E-state index in [-0.39, 0.29) is 0 Å². The third kappa shape index (κ3) is 10.3. The third-order valence-electron chi connectivity index (χ3n) is 5.43. The average Bonchev–Trinajstić information content (AvgIpc) is 2.99. The maximum Gasteiger partial charge on any atom is 0.328 e. The Kier molecular flexibility index (Phi) is 11.4. The van der Waals surface area contributed by atoms with Crippen LogP contribution in [0.3, 0.4) is 0 Å². The first kappa shape index (κ1) is 28.3. The zero-order chi connectivity index (χ0) is 27.7. The molecule has 1 amide bonds. The van der Waals surface area contributed by atoms with Gasteiger partial charge in [-0.3, -0.25) is 10.0 Å². The first-order valence-electron chi connectivity index (χ1n) is 12.2. The van der Waals surface area contributed by atoms with Crippen LogP contribution in [0.1, 0.15) is 11.1 Å².